The molecule has 0 aliphatic rings. The second kappa shape index (κ2) is 7.63. The van der Waals surface area contributed by atoms with Crippen LogP contribution in [0.4, 0.5) is 11.5 Å². The lowest BCUT2D eigenvalue weighted by Gasteiger charge is -2.17. The third kappa shape index (κ3) is 4.47. The van der Waals surface area contributed by atoms with E-state index in [9.17, 15) is 0 Å². The Morgan fingerprint density at radius 1 is 1.27 bits per heavy atom. The molecule has 1 aromatic heterocycles. The summed E-state index contributed by atoms with van der Waals surface area (Å²) in [5, 5.41) is 7.79. The lowest BCUT2D eigenvalue weighted by Crippen LogP contribution is -2.29. The van der Waals surface area contributed by atoms with Gasteiger partial charge in [0.05, 0.1) is 10.7 Å². The lowest BCUT2D eigenvalue weighted by atomic mass is 10.2. The first-order chi connectivity index (χ1) is 10.5. The molecular weight excluding hydrogens is 339 g/mol. The number of nitrogens with one attached hydrogen (secondary N) is 2. The molecule has 0 saturated carbocycles. The summed E-state index contributed by atoms with van der Waals surface area (Å²) in [5.41, 5.74) is 1.77. The second-order valence-electron chi connectivity index (χ2n) is 4.81. The molecule has 1 heterocycles. The van der Waals surface area contributed by atoms with Crippen molar-refractivity contribution in [1.29, 1.82) is 0 Å². The molecular formula is C15H16Cl2N4S. The van der Waals surface area contributed by atoms with Crippen molar-refractivity contribution < 1.29 is 0 Å². The highest BCUT2D eigenvalue weighted by molar-refractivity contribution is 7.80. The molecule has 2 rings (SSSR count). The quantitative estimate of drug-likeness (QED) is 0.813. The van der Waals surface area contributed by atoms with Gasteiger partial charge in [-0.2, -0.15) is 0 Å². The minimum absolute atomic E-state index is 0.484. The van der Waals surface area contributed by atoms with Gasteiger partial charge in [-0.1, -0.05) is 29.3 Å². The topological polar surface area (TPSA) is 40.2 Å². The molecule has 0 spiro atoms. The zero-order chi connectivity index (χ0) is 16.1. The Morgan fingerprint density at radius 3 is 2.73 bits per heavy atom. The van der Waals surface area contributed by atoms with Crippen molar-refractivity contribution in [2.75, 3.05) is 24.3 Å². The number of benzene rings is 1. The molecule has 0 aliphatic carbocycles. The number of hydrogen-bond donors (Lipinski definition) is 2. The maximum absolute atomic E-state index is 6.11. The van der Waals surface area contributed by atoms with Crippen molar-refractivity contribution in [3.63, 3.8) is 0 Å². The third-order valence-electron chi connectivity index (χ3n) is 2.91. The van der Waals surface area contributed by atoms with Crippen molar-refractivity contribution in [2.45, 2.75) is 6.54 Å². The Bertz CT molecular complexity index is 676. The minimum atomic E-state index is 0.484. The molecule has 1 aromatic carbocycles. The molecule has 0 unspecified atom stereocenters. The van der Waals surface area contributed by atoms with Crippen LogP contribution in [0.5, 0.6) is 0 Å². The number of anilines is 2. The van der Waals surface area contributed by atoms with E-state index in [-0.39, 0.29) is 0 Å². The molecule has 0 bridgehead atoms. The van der Waals surface area contributed by atoms with Crippen LogP contribution >= 0.6 is 35.4 Å². The van der Waals surface area contributed by atoms with Gasteiger partial charge in [-0.15, -0.1) is 0 Å². The number of rotatable bonds is 4. The summed E-state index contributed by atoms with van der Waals surface area (Å²) in [6.07, 6.45) is 1.77. The Morgan fingerprint density at radius 2 is 2.05 bits per heavy atom. The standard InChI is InChI=1S/C15H16Cl2N4S/c1-21(2)14-10(4-3-7-18-14)9-19-15(22)20-13-6-5-11(16)8-12(13)17/h3-8H,9H2,1-2H3,(H2,19,20,22). The SMILES string of the molecule is CN(C)c1ncccc1CNC(=S)Nc1ccc(Cl)cc1Cl. The molecule has 7 heteroatoms. The minimum Gasteiger partial charge on any atom is -0.362 e. The van der Waals surface area contributed by atoms with Crippen LogP contribution in [0, 0.1) is 0 Å². The summed E-state index contributed by atoms with van der Waals surface area (Å²) in [7, 11) is 3.91. The van der Waals surface area contributed by atoms with E-state index in [1.165, 1.54) is 0 Å². The van der Waals surface area contributed by atoms with Gasteiger partial charge in [0.25, 0.3) is 0 Å². The zero-order valence-corrected chi connectivity index (χ0v) is 14.6. The zero-order valence-electron chi connectivity index (χ0n) is 12.2. The van der Waals surface area contributed by atoms with Crippen LogP contribution in [0.15, 0.2) is 36.5 Å². The van der Waals surface area contributed by atoms with E-state index in [0.29, 0.717) is 27.4 Å². The van der Waals surface area contributed by atoms with E-state index >= 15 is 0 Å². The van der Waals surface area contributed by atoms with Crippen LogP contribution in [0.1, 0.15) is 5.56 Å². The van der Waals surface area contributed by atoms with Crippen LogP contribution in [0.2, 0.25) is 10.0 Å². The number of hydrogen-bond acceptors (Lipinski definition) is 3. The smallest absolute Gasteiger partial charge is 0.171 e. The van der Waals surface area contributed by atoms with E-state index in [4.69, 9.17) is 35.4 Å². The van der Waals surface area contributed by atoms with Crippen molar-refractivity contribution in [2.24, 2.45) is 0 Å². The van der Waals surface area contributed by atoms with Gasteiger partial charge < -0.3 is 15.5 Å². The number of thiocarbonyl (C=S) groups is 1. The van der Waals surface area contributed by atoms with Crippen molar-refractivity contribution in [1.82, 2.24) is 10.3 Å². The molecule has 2 N–H and O–H groups in total. The first-order valence-electron chi connectivity index (χ1n) is 6.58. The monoisotopic (exact) mass is 354 g/mol. The molecule has 0 amide bonds. The highest BCUT2D eigenvalue weighted by Crippen LogP contribution is 2.25. The van der Waals surface area contributed by atoms with Gasteiger partial charge in [-0.3, -0.25) is 0 Å². The highest BCUT2D eigenvalue weighted by atomic mass is 35.5. The Hall–Kier alpha value is -1.56. The number of nitrogens with zero attached hydrogens (tertiary/aromatic N) is 2. The van der Waals surface area contributed by atoms with Gasteiger partial charge in [0, 0.05) is 37.4 Å². The maximum atomic E-state index is 6.11. The number of halogens is 2. The normalized spacial score (nSPS) is 10.2. The maximum Gasteiger partial charge on any atom is 0.171 e. The average Bonchev–Trinajstić information content (AvgIpc) is 2.48. The van der Waals surface area contributed by atoms with E-state index in [1.807, 2.05) is 31.1 Å². The summed E-state index contributed by atoms with van der Waals surface area (Å²) in [6, 6.07) is 9.11. The van der Waals surface area contributed by atoms with Gasteiger partial charge in [0.1, 0.15) is 5.82 Å². The predicted octanol–water partition coefficient (Wildman–Crippen LogP) is 3.94. The van der Waals surface area contributed by atoms with E-state index in [0.717, 1.165) is 11.4 Å². The van der Waals surface area contributed by atoms with Gasteiger partial charge in [-0.25, -0.2) is 4.98 Å². The molecule has 0 fully saturated rings. The fourth-order valence-electron chi connectivity index (χ4n) is 1.90. The average molecular weight is 355 g/mol. The number of aromatic nitrogens is 1. The van der Waals surface area contributed by atoms with Crippen LogP contribution < -0.4 is 15.5 Å². The van der Waals surface area contributed by atoms with Crippen molar-refractivity contribution in [3.05, 3.63) is 52.1 Å². The molecule has 0 atom stereocenters. The third-order valence-corrected chi connectivity index (χ3v) is 3.70. The summed E-state index contributed by atoms with van der Waals surface area (Å²) in [5.74, 6) is 0.905. The fourth-order valence-corrected chi connectivity index (χ4v) is 2.54. The van der Waals surface area contributed by atoms with Crippen molar-refractivity contribution >= 4 is 52.0 Å². The molecule has 116 valence electrons. The summed E-state index contributed by atoms with van der Waals surface area (Å²) < 4.78 is 0. The molecule has 0 aliphatic heterocycles. The van der Waals surface area contributed by atoms with Gasteiger partial charge in [-0.05, 0) is 36.5 Å². The van der Waals surface area contributed by atoms with Gasteiger partial charge in [0.2, 0.25) is 0 Å². The lowest BCUT2D eigenvalue weighted by molar-refractivity contribution is 0.900. The first-order valence-corrected chi connectivity index (χ1v) is 7.75. The van der Waals surface area contributed by atoms with Crippen LogP contribution in [0.25, 0.3) is 0 Å². The van der Waals surface area contributed by atoms with Crippen LogP contribution in [-0.2, 0) is 6.54 Å². The van der Waals surface area contributed by atoms with Crippen LogP contribution in [-0.4, -0.2) is 24.2 Å². The molecule has 0 saturated heterocycles. The van der Waals surface area contributed by atoms with Crippen LogP contribution in [0.3, 0.4) is 0 Å². The second-order valence-corrected chi connectivity index (χ2v) is 6.06. The number of pyridine rings is 1. The van der Waals surface area contributed by atoms with Gasteiger partial charge >= 0.3 is 0 Å². The summed E-state index contributed by atoms with van der Waals surface area (Å²) in [6.45, 7) is 0.568. The molecule has 22 heavy (non-hydrogen) atoms. The predicted molar refractivity (Wildman–Crippen MR) is 98.1 cm³/mol. The summed E-state index contributed by atoms with van der Waals surface area (Å²) >= 11 is 17.3. The van der Waals surface area contributed by atoms with E-state index in [2.05, 4.69) is 15.6 Å². The largest absolute Gasteiger partial charge is 0.362 e. The van der Waals surface area contributed by atoms with Gasteiger partial charge in [0.15, 0.2) is 5.11 Å². The van der Waals surface area contributed by atoms with E-state index < -0.39 is 0 Å². The Balaban J connectivity index is 1.99. The molecule has 4 nitrogen and oxygen atoms in total. The highest BCUT2D eigenvalue weighted by Gasteiger charge is 2.07. The first kappa shape index (κ1) is 16.8. The fraction of sp³-hybridized carbons (Fsp3) is 0.200. The summed E-state index contributed by atoms with van der Waals surface area (Å²) in [4.78, 5) is 6.31. The Kier molecular flexibility index (Phi) is 5.83. The van der Waals surface area contributed by atoms with Crippen molar-refractivity contribution in [3.8, 4) is 0 Å². The van der Waals surface area contributed by atoms with E-state index in [1.54, 1.807) is 24.4 Å². The molecule has 0 radical (unpaired) electrons. The Labute approximate surface area is 145 Å². The molecule has 2 aromatic rings.